The van der Waals surface area contributed by atoms with Gasteiger partial charge in [0.25, 0.3) is 11.8 Å². The van der Waals surface area contributed by atoms with Gasteiger partial charge in [-0.3, -0.25) is 14.5 Å². The van der Waals surface area contributed by atoms with E-state index in [1.165, 1.54) is 7.05 Å². The second-order valence-electron chi connectivity index (χ2n) is 5.01. The zero-order valence-corrected chi connectivity index (χ0v) is 11.7. The number of aryl methyl sites for hydroxylation is 1. The van der Waals surface area contributed by atoms with E-state index in [1.54, 1.807) is 24.7 Å². The first-order valence-corrected chi connectivity index (χ1v) is 6.83. The SMILES string of the molecule is CN1C(=O)c2ccc(NCCCn3ccnc3)cc2C1=O. The molecule has 0 saturated heterocycles. The number of benzene rings is 1. The van der Waals surface area contributed by atoms with Crippen LogP contribution in [0.3, 0.4) is 0 Å². The van der Waals surface area contributed by atoms with Crippen LogP contribution in [0, 0.1) is 0 Å². The Balaban J connectivity index is 1.60. The lowest BCUT2D eigenvalue weighted by Crippen LogP contribution is -2.24. The molecule has 0 aliphatic carbocycles. The molecule has 2 amide bonds. The van der Waals surface area contributed by atoms with E-state index in [-0.39, 0.29) is 11.8 Å². The van der Waals surface area contributed by atoms with E-state index >= 15 is 0 Å². The highest BCUT2D eigenvalue weighted by Gasteiger charge is 2.32. The normalized spacial score (nSPS) is 13.7. The van der Waals surface area contributed by atoms with Crippen molar-refractivity contribution in [1.82, 2.24) is 14.5 Å². The summed E-state index contributed by atoms with van der Waals surface area (Å²) in [5, 5.41) is 3.27. The number of hydrogen-bond donors (Lipinski definition) is 1. The fourth-order valence-electron chi connectivity index (χ4n) is 2.38. The van der Waals surface area contributed by atoms with Crippen molar-refractivity contribution >= 4 is 17.5 Å². The van der Waals surface area contributed by atoms with Crippen molar-refractivity contribution in [3.05, 3.63) is 48.0 Å². The molecule has 6 heteroatoms. The molecule has 1 aromatic carbocycles. The predicted molar refractivity (Wildman–Crippen MR) is 78.2 cm³/mol. The zero-order chi connectivity index (χ0) is 14.8. The zero-order valence-electron chi connectivity index (χ0n) is 11.7. The van der Waals surface area contributed by atoms with E-state index in [4.69, 9.17) is 0 Å². The lowest BCUT2D eigenvalue weighted by Gasteiger charge is -2.07. The fourth-order valence-corrected chi connectivity index (χ4v) is 2.38. The van der Waals surface area contributed by atoms with E-state index in [9.17, 15) is 9.59 Å². The molecule has 2 heterocycles. The number of amides is 2. The third-order valence-electron chi connectivity index (χ3n) is 3.57. The highest BCUT2D eigenvalue weighted by atomic mass is 16.2. The monoisotopic (exact) mass is 284 g/mol. The van der Waals surface area contributed by atoms with Crippen LogP contribution in [-0.4, -0.2) is 39.9 Å². The van der Waals surface area contributed by atoms with Crippen molar-refractivity contribution < 1.29 is 9.59 Å². The number of nitrogens with one attached hydrogen (secondary N) is 1. The summed E-state index contributed by atoms with van der Waals surface area (Å²) in [6.07, 6.45) is 6.41. The van der Waals surface area contributed by atoms with Crippen molar-refractivity contribution in [2.75, 3.05) is 18.9 Å². The number of anilines is 1. The minimum absolute atomic E-state index is 0.235. The summed E-state index contributed by atoms with van der Waals surface area (Å²) in [7, 11) is 1.50. The number of nitrogens with zero attached hydrogens (tertiary/aromatic N) is 3. The van der Waals surface area contributed by atoms with Crippen LogP contribution in [0.25, 0.3) is 0 Å². The molecule has 1 N–H and O–H groups in total. The van der Waals surface area contributed by atoms with E-state index < -0.39 is 0 Å². The van der Waals surface area contributed by atoms with Gasteiger partial charge in [-0.25, -0.2) is 4.98 Å². The van der Waals surface area contributed by atoms with E-state index in [2.05, 4.69) is 10.3 Å². The molecule has 0 saturated carbocycles. The van der Waals surface area contributed by atoms with Crippen molar-refractivity contribution in [2.24, 2.45) is 0 Å². The minimum atomic E-state index is -0.239. The van der Waals surface area contributed by atoms with Gasteiger partial charge in [-0.05, 0) is 24.6 Å². The lowest BCUT2D eigenvalue weighted by molar-refractivity contribution is 0.0693. The summed E-state index contributed by atoms with van der Waals surface area (Å²) in [5.41, 5.74) is 1.81. The molecule has 21 heavy (non-hydrogen) atoms. The third-order valence-corrected chi connectivity index (χ3v) is 3.57. The Bertz CT molecular complexity index is 679. The molecule has 0 fully saturated rings. The molecule has 108 valence electrons. The van der Waals surface area contributed by atoms with Crippen molar-refractivity contribution in [3.8, 4) is 0 Å². The number of aromatic nitrogens is 2. The number of rotatable bonds is 5. The van der Waals surface area contributed by atoms with E-state index in [0.29, 0.717) is 11.1 Å². The standard InChI is InChI=1S/C15H16N4O2/c1-18-14(20)12-4-3-11(9-13(12)15(18)21)17-5-2-7-19-8-6-16-10-19/h3-4,6,8-10,17H,2,5,7H2,1H3. The summed E-state index contributed by atoms with van der Waals surface area (Å²) in [5.74, 6) is -0.473. The van der Waals surface area contributed by atoms with Gasteiger partial charge in [0.05, 0.1) is 17.5 Å². The van der Waals surface area contributed by atoms with Gasteiger partial charge in [-0.1, -0.05) is 0 Å². The van der Waals surface area contributed by atoms with Crippen LogP contribution in [0.15, 0.2) is 36.9 Å². The van der Waals surface area contributed by atoms with Gasteiger partial charge in [-0.15, -0.1) is 0 Å². The largest absolute Gasteiger partial charge is 0.385 e. The molecule has 0 bridgehead atoms. The second-order valence-corrected chi connectivity index (χ2v) is 5.01. The summed E-state index contributed by atoms with van der Waals surface area (Å²) in [6, 6.07) is 5.29. The van der Waals surface area contributed by atoms with Gasteiger partial charge in [-0.2, -0.15) is 0 Å². The molecule has 1 aliphatic heterocycles. The Hall–Kier alpha value is -2.63. The molecule has 1 aliphatic rings. The molecule has 6 nitrogen and oxygen atoms in total. The Labute approximate surface area is 122 Å². The van der Waals surface area contributed by atoms with Gasteiger partial charge < -0.3 is 9.88 Å². The second kappa shape index (κ2) is 5.40. The van der Waals surface area contributed by atoms with Crippen LogP contribution in [0.2, 0.25) is 0 Å². The van der Waals surface area contributed by atoms with Crippen LogP contribution in [0.5, 0.6) is 0 Å². The molecule has 1 aromatic heterocycles. The Morgan fingerprint density at radius 2 is 2.00 bits per heavy atom. The van der Waals surface area contributed by atoms with E-state index in [0.717, 1.165) is 30.1 Å². The quantitative estimate of drug-likeness (QED) is 0.669. The van der Waals surface area contributed by atoms with Crippen LogP contribution in [-0.2, 0) is 6.54 Å². The number of imide groups is 1. The molecule has 0 atom stereocenters. The topological polar surface area (TPSA) is 67.2 Å². The van der Waals surface area contributed by atoms with Gasteiger partial charge in [0, 0.05) is 38.2 Å². The number of fused-ring (bicyclic) bond motifs is 1. The summed E-state index contributed by atoms with van der Waals surface area (Å²) >= 11 is 0. The Kier molecular flexibility index (Phi) is 3.43. The molecule has 0 radical (unpaired) electrons. The lowest BCUT2D eigenvalue weighted by atomic mass is 10.1. The fraction of sp³-hybridized carbons (Fsp3) is 0.267. The summed E-state index contributed by atoms with van der Waals surface area (Å²) < 4.78 is 2.02. The number of carbonyl (C=O) groups is 2. The molecule has 0 spiro atoms. The summed E-state index contributed by atoms with van der Waals surface area (Å²) in [6.45, 7) is 1.67. The minimum Gasteiger partial charge on any atom is -0.385 e. The van der Waals surface area contributed by atoms with Gasteiger partial charge in [0.15, 0.2) is 0 Å². The first-order chi connectivity index (χ1) is 10.2. The van der Waals surface area contributed by atoms with Crippen LogP contribution in [0.4, 0.5) is 5.69 Å². The Morgan fingerprint density at radius 1 is 1.19 bits per heavy atom. The van der Waals surface area contributed by atoms with Crippen molar-refractivity contribution in [3.63, 3.8) is 0 Å². The van der Waals surface area contributed by atoms with Crippen molar-refractivity contribution in [2.45, 2.75) is 13.0 Å². The first-order valence-electron chi connectivity index (χ1n) is 6.83. The predicted octanol–water partition coefficient (Wildman–Crippen LogP) is 1.61. The number of hydrogen-bond acceptors (Lipinski definition) is 4. The van der Waals surface area contributed by atoms with Gasteiger partial charge >= 0.3 is 0 Å². The Morgan fingerprint density at radius 3 is 2.76 bits per heavy atom. The highest BCUT2D eigenvalue weighted by Crippen LogP contribution is 2.24. The maximum atomic E-state index is 11.9. The third kappa shape index (κ3) is 2.52. The van der Waals surface area contributed by atoms with Gasteiger partial charge in [0.1, 0.15) is 0 Å². The molecular formula is C15H16N4O2. The molecule has 0 unspecified atom stereocenters. The summed E-state index contributed by atoms with van der Waals surface area (Å²) in [4.78, 5) is 28.8. The maximum Gasteiger partial charge on any atom is 0.261 e. The van der Waals surface area contributed by atoms with Crippen LogP contribution in [0.1, 0.15) is 27.1 Å². The molecule has 3 rings (SSSR count). The van der Waals surface area contributed by atoms with Crippen LogP contribution < -0.4 is 5.32 Å². The van der Waals surface area contributed by atoms with Crippen LogP contribution >= 0.6 is 0 Å². The average Bonchev–Trinajstić information content (AvgIpc) is 3.08. The number of carbonyl (C=O) groups excluding carboxylic acids is 2. The maximum absolute atomic E-state index is 11.9. The first kappa shape index (κ1) is 13.4. The highest BCUT2D eigenvalue weighted by molar-refractivity contribution is 6.21. The molecular weight excluding hydrogens is 268 g/mol. The van der Waals surface area contributed by atoms with Crippen molar-refractivity contribution in [1.29, 1.82) is 0 Å². The van der Waals surface area contributed by atoms with E-state index in [1.807, 2.05) is 16.8 Å². The smallest absolute Gasteiger partial charge is 0.261 e. The van der Waals surface area contributed by atoms with Gasteiger partial charge in [0.2, 0.25) is 0 Å². The number of imidazole rings is 1. The molecule has 2 aromatic rings. The average molecular weight is 284 g/mol.